The first-order valence-corrected chi connectivity index (χ1v) is 10.1. The van der Waals surface area contributed by atoms with Crippen molar-refractivity contribution in [1.29, 1.82) is 0 Å². The van der Waals surface area contributed by atoms with Gasteiger partial charge in [-0.05, 0) is 43.1 Å². The number of carbonyl (C=O) groups excluding carboxylic acids is 1. The monoisotopic (exact) mass is 377 g/mol. The van der Waals surface area contributed by atoms with E-state index in [1.165, 1.54) is 5.56 Å². The Labute approximate surface area is 165 Å². The van der Waals surface area contributed by atoms with Crippen molar-refractivity contribution in [2.75, 3.05) is 18.4 Å². The van der Waals surface area contributed by atoms with Crippen molar-refractivity contribution < 1.29 is 9.21 Å². The average Bonchev–Trinajstić information content (AvgIpc) is 3.13. The molecule has 4 rings (SSSR count). The lowest BCUT2D eigenvalue weighted by Crippen LogP contribution is -2.40. The third kappa shape index (κ3) is 4.25. The van der Waals surface area contributed by atoms with Gasteiger partial charge in [-0.1, -0.05) is 44.2 Å². The molecule has 1 aliphatic heterocycles. The zero-order chi connectivity index (χ0) is 19.5. The van der Waals surface area contributed by atoms with Crippen molar-refractivity contribution >= 4 is 22.7 Å². The van der Waals surface area contributed by atoms with Crippen LogP contribution in [0.4, 0.5) is 5.69 Å². The molecular formula is C23H27N3O2. The molecule has 1 saturated heterocycles. The van der Waals surface area contributed by atoms with Crippen LogP contribution < -0.4 is 5.32 Å². The van der Waals surface area contributed by atoms with Gasteiger partial charge in [0, 0.05) is 24.7 Å². The van der Waals surface area contributed by atoms with E-state index in [1.54, 1.807) is 0 Å². The summed E-state index contributed by atoms with van der Waals surface area (Å²) in [6.07, 6.45) is 1.98. The first-order valence-electron chi connectivity index (χ1n) is 10.1. The van der Waals surface area contributed by atoms with Gasteiger partial charge in [-0.2, -0.15) is 0 Å². The maximum absolute atomic E-state index is 12.8. The molecule has 1 aliphatic rings. The van der Waals surface area contributed by atoms with Crippen LogP contribution in [0.2, 0.25) is 0 Å². The molecule has 0 aliphatic carbocycles. The summed E-state index contributed by atoms with van der Waals surface area (Å²) in [5, 5.41) is 3.08. The summed E-state index contributed by atoms with van der Waals surface area (Å²) in [4.78, 5) is 19.7. The Morgan fingerprint density at radius 2 is 2.07 bits per heavy atom. The summed E-state index contributed by atoms with van der Waals surface area (Å²) >= 11 is 0. The highest BCUT2D eigenvalue weighted by atomic mass is 16.3. The number of nitrogens with one attached hydrogen (secondary N) is 1. The predicted octanol–water partition coefficient (Wildman–Crippen LogP) is 4.80. The summed E-state index contributed by atoms with van der Waals surface area (Å²) in [6, 6.07) is 16.1. The van der Waals surface area contributed by atoms with E-state index in [0.29, 0.717) is 0 Å². The van der Waals surface area contributed by atoms with Gasteiger partial charge < -0.3 is 9.73 Å². The molecule has 1 aromatic heterocycles. The van der Waals surface area contributed by atoms with Crippen LogP contribution in [-0.2, 0) is 11.3 Å². The van der Waals surface area contributed by atoms with Crippen molar-refractivity contribution in [1.82, 2.24) is 9.88 Å². The largest absolute Gasteiger partial charge is 0.440 e. The van der Waals surface area contributed by atoms with Crippen LogP contribution in [0, 0.1) is 5.92 Å². The Bertz CT molecular complexity index is 949. The standard InChI is InChI=1S/C23H27N3O2/c1-16(2)23-25-20-13-19(10-11-21(20)28-23)24-22(27)18-9-6-12-26(15-18)14-17-7-4-3-5-8-17/h3-5,7-8,10-11,13,16,18H,6,9,12,14-15H2,1-2H3,(H,24,27). The molecule has 1 fully saturated rings. The normalized spacial score (nSPS) is 17.9. The van der Waals surface area contributed by atoms with Gasteiger partial charge in [-0.3, -0.25) is 9.69 Å². The van der Waals surface area contributed by atoms with Crippen molar-refractivity contribution in [2.24, 2.45) is 5.92 Å². The number of aromatic nitrogens is 1. The fraction of sp³-hybridized carbons (Fsp3) is 0.391. The van der Waals surface area contributed by atoms with Gasteiger partial charge in [0.1, 0.15) is 5.52 Å². The number of benzene rings is 2. The van der Waals surface area contributed by atoms with Crippen molar-refractivity contribution in [3.05, 3.63) is 60.0 Å². The molecule has 0 radical (unpaired) electrons. The van der Waals surface area contributed by atoms with Gasteiger partial charge in [0.15, 0.2) is 11.5 Å². The Balaban J connectivity index is 1.40. The maximum atomic E-state index is 12.8. The van der Waals surface area contributed by atoms with Crippen LogP contribution in [0.3, 0.4) is 0 Å². The molecule has 5 nitrogen and oxygen atoms in total. The van der Waals surface area contributed by atoms with E-state index in [4.69, 9.17) is 4.42 Å². The van der Waals surface area contributed by atoms with Crippen LogP contribution in [0.1, 0.15) is 44.1 Å². The summed E-state index contributed by atoms with van der Waals surface area (Å²) in [5.41, 5.74) is 3.62. The van der Waals surface area contributed by atoms with Gasteiger partial charge in [0.05, 0.1) is 5.92 Å². The number of anilines is 1. The van der Waals surface area contributed by atoms with Crippen LogP contribution in [0.5, 0.6) is 0 Å². The average molecular weight is 377 g/mol. The molecule has 3 aromatic rings. The first-order chi connectivity index (χ1) is 13.6. The van der Waals surface area contributed by atoms with E-state index in [-0.39, 0.29) is 17.7 Å². The first kappa shape index (κ1) is 18.7. The fourth-order valence-corrected chi connectivity index (χ4v) is 3.77. The van der Waals surface area contributed by atoms with Crippen LogP contribution >= 0.6 is 0 Å². The molecule has 146 valence electrons. The molecule has 0 bridgehead atoms. The summed E-state index contributed by atoms with van der Waals surface area (Å²) in [7, 11) is 0. The molecule has 2 aromatic carbocycles. The highest BCUT2D eigenvalue weighted by molar-refractivity contribution is 5.94. The Kier molecular flexibility index (Phi) is 5.44. The maximum Gasteiger partial charge on any atom is 0.228 e. The summed E-state index contributed by atoms with van der Waals surface area (Å²) < 4.78 is 5.75. The van der Waals surface area contributed by atoms with Crippen molar-refractivity contribution in [3.63, 3.8) is 0 Å². The highest BCUT2D eigenvalue weighted by Gasteiger charge is 2.26. The van der Waals surface area contributed by atoms with Crippen molar-refractivity contribution in [3.8, 4) is 0 Å². The zero-order valence-corrected chi connectivity index (χ0v) is 16.5. The van der Waals surface area contributed by atoms with Gasteiger partial charge in [-0.15, -0.1) is 0 Å². The van der Waals surface area contributed by atoms with E-state index >= 15 is 0 Å². The second-order valence-electron chi connectivity index (χ2n) is 7.94. The number of piperidine rings is 1. The quantitative estimate of drug-likeness (QED) is 0.694. The second kappa shape index (κ2) is 8.15. The van der Waals surface area contributed by atoms with Crippen LogP contribution in [0.25, 0.3) is 11.1 Å². The zero-order valence-electron chi connectivity index (χ0n) is 16.5. The number of amides is 1. The number of hydrogen-bond acceptors (Lipinski definition) is 4. The molecule has 1 atom stereocenters. The molecule has 0 spiro atoms. The molecule has 1 amide bonds. The smallest absolute Gasteiger partial charge is 0.228 e. The molecule has 2 heterocycles. The Morgan fingerprint density at radius 1 is 1.25 bits per heavy atom. The van der Waals surface area contributed by atoms with Crippen LogP contribution in [0.15, 0.2) is 52.9 Å². The number of oxazole rings is 1. The number of hydrogen-bond donors (Lipinski definition) is 1. The second-order valence-corrected chi connectivity index (χ2v) is 7.94. The molecule has 0 saturated carbocycles. The minimum Gasteiger partial charge on any atom is -0.440 e. The topological polar surface area (TPSA) is 58.4 Å². The third-order valence-electron chi connectivity index (χ3n) is 5.29. The van der Waals surface area contributed by atoms with Gasteiger partial charge >= 0.3 is 0 Å². The Hall–Kier alpha value is -2.66. The summed E-state index contributed by atoms with van der Waals surface area (Å²) in [6.45, 7) is 6.84. The van der Waals surface area contributed by atoms with Crippen LogP contribution in [-0.4, -0.2) is 28.9 Å². The lowest BCUT2D eigenvalue weighted by atomic mass is 9.96. The number of nitrogens with zero attached hydrogens (tertiary/aromatic N) is 2. The van der Waals surface area contributed by atoms with E-state index in [1.807, 2.05) is 24.3 Å². The number of carbonyl (C=O) groups is 1. The summed E-state index contributed by atoms with van der Waals surface area (Å²) in [5.74, 6) is 1.06. The van der Waals surface area contributed by atoms with E-state index in [0.717, 1.165) is 55.2 Å². The molecular weight excluding hydrogens is 350 g/mol. The highest BCUT2D eigenvalue weighted by Crippen LogP contribution is 2.25. The van der Waals surface area contributed by atoms with E-state index in [2.05, 4.69) is 53.3 Å². The molecule has 5 heteroatoms. The number of rotatable bonds is 5. The van der Waals surface area contributed by atoms with Gasteiger partial charge in [0.25, 0.3) is 0 Å². The minimum absolute atomic E-state index is 0.0108. The third-order valence-corrected chi connectivity index (χ3v) is 5.29. The van der Waals surface area contributed by atoms with Gasteiger partial charge in [0.2, 0.25) is 5.91 Å². The van der Waals surface area contributed by atoms with E-state index < -0.39 is 0 Å². The SMILES string of the molecule is CC(C)c1nc2cc(NC(=O)C3CCCN(Cc4ccccc4)C3)ccc2o1. The molecule has 28 heavy (non-hydrogen) atoms. The fourth-order valence-electron chi connectivity index (χ4n) is 3.77. The van der Waals surface area contributed by atoms with Gasteiger partial charge in [-0.25, -0.2) is 4.98 Å². The molecule has 1 N–H and O–H groups in total. The molecule has 1 unspecified atom stereocenters. The number of fused-ring (bicyclic) bond motifs is 1. The number of likely N-dealkylation sites (tertiary alicyclic amines) is 1. The van der Waals surface area contributed by atoms with Crippen molar-refractivity contribution in [2.45, 2.75) is 39.2 Å². The predicted molar refractivity (Wildman–Crippen MR) is 111 cm³/mol. The Morgan fingerprint density at radius 3 is 2.86 bits per heavy atom. The lowest BCUT2D eigenvalue weighted by molar-refractivity contribution is -0.121. The van der Waals surface area contributed by atoms with E-state index in [9.17, 15) is 4.79 Å². The minimum atomic E-state index is 0.0108. The lowest BCUT2D eigenvalue weighted by Gasteiger charge is -2.32.